The van der Waals surface area contributed by atoms with Crippen LogP contribution < -0.4 is 16.8 Å². The first kappa shape index (κ1) is 21.6. The number of unbranched alkanes of at least 4 members (excludes halogenated alkanes) is 1. The zero-order chi connectivity index (χ0) is 22.5. The molecule has 4 aromatic rings. The fourth-order valence-corrected chi connectivity index (χ4v) is 3.83. The van der Waals surface area contributed by atoms with Gasteiger partial charge in [-0.2, -0.15) is 0 Å². The number of aryl methyl sites for hydroxylation is 1. The molecule has 2 heterocycles. The summed E-state index contributed by atoms with van der Waals surface area (Å²) in [5, 5.41) is 3.97. The van der Waals surface area contributed by atoms with Gasteiger partial charge in [-0.1, -0.05) is 24.3 Å². The SMILES string of the molecule is CCOCc1nc2c(N)nc3ccccc3c2n1CCCCNC(=O)c1cccc(N)c1. The minimum Gasteiger partial charge on any atom is -0.399 e. The van der Waals surface area contributed by atoms with Crippen molar-refractivity contribution < 1.29 is 9.53 Å². The first-order valence-corrected chi connectivity index (χ1v) is 10.8. The second-order valence-corrected chi connectivity index (χ2v) is 7.62. The summed E-state index contributed by atoms with van der Waals surface area (Å²) < 4.78 is 7.82. The van der Waals surface area contributed by atoms with E-state index in [-0.39, 0.29) is 5.91 Å². The summed E-state index contributed by atoms with van der Waals surface area (Å²) in [5.74, 6) is 1.13. The highest BCUT2D eigenvalue weighted by Crippen LogP contribution is 2.29. The Morgan fingerprint density at radius 2 is 1.94 bits per heavy atom. The molecule has 0 unspecified atom stereocenters. The molecular formula is C24H28N6O2. The predicted molar refractivity (Wildman–Crippen MR) is 127 cm³/mol. The zero-order valence-corrected chi connectivity index (χ0v) is 18.2. The third-order valence-electron chi connectivity index (χ3n) is 5.37. The van der Waals surface area contributed by atoms with Gasteiger partial charge in [0.25, 0.3) is 5.91 Å². The van der Waals surface area contributed by atoms with E-state index in [2.05, 4.69) is 14.9 Å². The van der Waals surface area contributed by atoms with Crippen LogP contribution >= 0.6 is 0 Å². The van der Waals surface area contributed by atoms with Gasteiger partial charge in [0.2, 0.25) is 0 Å². The van der Waals surface area contributed by atoms with E-state index in [0.717, 1.165) is 41.6 Å². The number of nitrogens with one attached hydrogen (secondary N) is 1. The summed E-state index contributed by atoms with van der Waals surface area (Å²) >= 11 is 0. The molecule has 2 aromatic heterocycles. The number of hydrogen-bond acceptors (Lipinski definition) is 6. The molecule has 0 fully saturated rings. The number of aromatic nitrogens is 3. The molecule has 8 heteroatoms. The lowest BCUT2D eigenvalue weighted by molar-refractivity contribution is 0.0953. The van der Waals surface area contributed by atoms with Crippen molar-refractivity contribution in [2.45, 2.75) is 32.9 Å². The Balaban J connectivity index is 1.49. The van der Waals surface area contributed by atoms with Crippen molar-refractivity contribution in [1.82, 2.24) is 19.9 Å². The summed E-state index contributed by atoms with van der Waals surface area (Å²) in [6, 6.07) is 14.9. The number of fused-ring (bicyclic) bond motifs is 3. The molecule has 5 N–H and O–H groups in total. The van der Waals surface area contributed by atoms with Crippen LogP contribution in [0.5, 0.6) is 0 Å². The monoisotopic (exact) mass is 432 g/mol. The predicted octanol–water partition coefficient (Wildman–Crippen LogP) is 3.50. The number of rotatable bonds is 9. The highest BCUT2D eigenvalue weighted by atomic mass is 16.5. The maximum atomic E-state index is 12.3. The fourth-order valence-electron chi connectivity index (χ4n) is 3.83. The van der Waals surface area contributed by atoms with Gasteiger partial charge in [-0.25, -0.2) is 9.97 Å². The highest BCUT2D eigenvalue weighted by molar-refractivity contribution is 6.06. The Kier molecular flexibility index (Phi) is 6.51. The number of para-hydroxylation sites is 1. The Morgan fingerprint density at radius 3 is 2.75 bits per heavy atom. The van der Waals surface area contributed by atoms with Gasteiger partial charge < -0.3 is 26.1 Å². The Bertz CT molecular complexity index is 1250. The molecule has 1 amide bonds. The first-order chi connectivity index (χ1) is 15.6. The number of imidazole rings is 1. The highest BCUT2D eigenvalue weighted by Gasteiger charge is 2.17. The van der Waals surface area contributed by atoms with Crippen LogP contribution in [-0.4, -0.2) is 33.6 Å². The topological polar surface area (TPSA) is 121 Å². The summed E-state index contributed by atoms with van der Waals surface area (Å²) in [5.41, 5.74) is 15.7. The van der Waals surface area contributed by atoms with Crippen molar-refractivity contribution >= 4 is 39.3 Å². The number of carbonyl (C=O) groups excluding carboxylic acids is 1. The number of benzene rings is 2. The molecule has 0 bridgehead atoms. The van der Waals surface area contributed by atoms with Gasteiger partial charge >= 0.3 is 0 Å². The van der Waals surface area contributed by atoms with Gasteiger partial charge in [-0.3, -0.25) is 4.79 Å². The van der Waals surface area contributed by atoms with E-state index in [1.807, 2.05) is 31.2 Å². The van der Waals surface area contributed by atoms with E-state index in [0.29, 0.717) is 42.3 Å². The molecule has 2 aromatic carbocycles. The second-order valence-electron chi connectivity index (χ2n) is 7.62. The fraction of sp³-hybridized carbons (Fsp3) is 0.292. The molecule has 0 radical (unpaired) electrons. The van der Waals surface area contributed by atoms with E-state index < -0.39 is 0 Å². The number of amides is 1. The number of pyridine rings is 1. The molecule has 0 atom stereocenters. The summed E-state index contributed by atoms with van der Waals surface area (Å²) in [6.45, 7) is 4.28. The van der Waals surface area contributed by atoms with E-state index in [1.165, 1.54) is 0 Å². The summed E-state index contributed by atoms with van der Waals surface area (Å²) in [7, 11) is 0. The van der Waals surface area contributed by atoms with Crippen molar-refractivity contribution in [3.63, 3.8) is 0 Å². The third kappa shape index (κ3) is 4.50. The third-order valence-corrected chi connectivity index (χ3v) is 5.37. The molecule has 0 saturated carbocycles. The molecule has 0 spiro atoms. The minimum atomic E-state index is -0.118. The van der Waals surface area contributed by atoms with Crippen LogP contribution in [0.2, 0.25) is 0 Å². The van der Waals surface area contributed by atoms with Crippen LogP contribution in [0, 0.1) is 0 Å². The lowest BCUT2D eigenvalue weighted by Crippen LogP contribution is -2.24. The van der Waals surface area contributed by atoms with Crippen molar-refractivity contribution in [1.29, 1.82) is 0 Å². The Labute approximate surface area is 186 Å². The van der Waals surface area contributed by atoms with E-state index in [1.54, 1.807) is 24.3 Å². The zero-order valence-electron chi connectivity index (χ0n) is 18.2. The van der Waals surface area contributed by atoms with E-state index >= 15 is 0 Å². The molecule has 0 aliphatic carbocycles. The molecule has 8 nitrogen and oxygen atoms in total. The number of hydrogen-bond donors (Lipinski definition) is 3. The van der Waals surface area contributed by atoms with Crippen LogP contribution in [0.3, 0.4) is 0 Å². The van der Waals surface area contributed by atoms with Crippen molar-refractivity contribution in [2.75, 3.05) is 24.6 Å². The standard InChI is InChI=1S/C24H28N6O2/c1-2-32-15-20-29-21-22(18-10-3-4-11-19(18)28-23(21)26)30(20)13-6-5-12-27-24(31)16-8-7-9-17(25)14-16/h3-4,7-11,14H,2,5-6,12-13,15,25H2,1H3,(H2,26,28)(H,27,31). The number of nitrogens with zero attached hydrogens (tertiary/aromatic N) is 3. The van der Waals surface area contributed by atoms with Gasteiger partial charge in [-0.15, -0.1) is 0 Å². The van der Waals surface area contributed by atoms with E-state index in [9.17, 15) is 4.79 Å². The van der Waals surface area contributed by atoms with Gasteiger partial charge in [-0.05, 0) is 44.0 Å². The normalized spacial score (nSPS) is 11.3. The Hall–Kier alpha value is -3.65. The number of nitrogen functional groups attached to an aromatic ring is 2. The smallest absolute Gasteiger partial charge is 0.251 e. The van der Waals surface area contributed by atoms with Crippen LogP contribution in [0.4, 0.5) is 11.5 Å². The summed E-state index contributed by atoms with van der Waals surface area (Å²) in [4.78, 5) is 21.6. The molecule has 166 valence electrons. The van der Waals surface area contributed by atoms with Gasteiger partial charge in [0.15, 0.2) is 5.82 Å². The average molecular weight is 433 g/mol. The van der Waals surface area contributed by atoms with Crippen LogP contribution in [0.1, 0.15) is 35.9 Å². The minimum absolute atomic E-state index is 0.118. The van der Waals surface area contributed by atoms with E-state index in [4.69, 9.17) is 21.2 Å². The van der Waals surface area contributed by atoms with Crippen LogP contribution in [0.15, 0.2) is 48.5 Å². The van der Waals surface area contributed by atoms with Crippen molar-refractivity contribution in [2.24, 2.45) is 0 Å². The quantitative estimate of drug-likeness (QED) is 0.275. The first-order valence-electron chi connectivity index (χ1n) is 10.8. The van der Waals surface area contributed by atoms with Gasteiger partial charge in [0.1, 0.15) is 17.9 Å². The van der Waals surface area contributed by atoms with Gasteiger partial charge in [0.05, 0.1) is 11.0 Å². The molecular weight excluding hydrogens is 404 g/mol. The second kappa shape index (κ2) is 9.65. The van der Waals surface area contributed by atoms with Crippen LogP contribution in [-0.2, 0) is 17.9 Å². The Morgan fingerprint density at radius 1 is 1.09 bits per heavy atom. The van der Waals surface area contributed by atoms with Crippen molar-refractivity contribution in [3.8, 4) is 0 Å². The number of nitrogens with two attached hydrogens (primary N) is 2. The summed E-state index contributed by atoms with van der Waals surface area (Å²) in [6.07, 6.45) is 1.68. The number of carbonyl (C=O) groups is 1. The molecule has 32 heavy (non-hydrogen) atoms. The lowest BCUT2D eigenvalue weighted by Gasteiger charge is -2.11. The van der Waals surface area contributed by atoms with Crippen molar-refractivity contribution in [3.05, 3.63) is 59.9 Å². The maximum Gasteiger partial charge on any atom is 0.251 e. The molecule has 4 rings (SSSR count). The molecule has 0 aliphatic heterocycles. The van der Waals surface area contributed by atoms with Crippen LogP contribution in [0.25, 0.3) is 21.9 Å². The molecule has 0 aliphatic rings. The maximum absolute atomic E-state index is 12.3. The molecule has 0 saturated heterocycles. The average Bonchev–Trinajstić information content (AvgIpc) is 3.16. The number of ether oxygens (including phenoxy) is 1. The lowest BCUT2D eigenvalue weighted by atomic mass is 10.1. The van der Waals surface area contributed by atoms with Gasteiger partial charge in [0, 0.05) is 36.3 Å². The number of anilines is 2. The largest absolute Gasteiger partial charge is 0.399 e.